The number of ether oxygens (including phenoxy) is 1. The van der Waals surface area contributed by atoms with Crippen LogP contribution in [-0.2, 0) is 4.79 Å². The molecule has 2 aromatic rings. The highest BCUT2D eigenvalue weighted by Gasteiger charge is 2.06. The van der Waals surface area contributed by atoms with Crippen molar-refractivity contribution in [3.8, 4) is 11.8 Å². The van der Waals surface area contributed by atoms with Crippen molar-refractivity contribution in [3.63, 3.8) is 0 Å². The van der Waals surface area contributed by atoms with Gasteiger partial charge in [0.2, 0.25) is 5.91 Å². The Hall–Kier alpha value is -3.00. The van der Waals surface area contributed by atoms with Gasteiger partial charge in [0.15, 0.2) is 0 Å². The van der Waals surface area contributed by atoms with Crippen LogP contribution in [0.25, 0.3) is 0 Å². The molecule has 2 rings (SSSR count). The van der Waals surface area contributed by atoms with Crippen LogP contribution in [0.5, 0.6) is 5.75 Å². The largest absolute Gasteiger partial charge is 0.495 e. The zero-order chi connectivity index (χ0) is 15.8. The van der Waals surface area contributed by atoms with Crippen LogP contribution in [0.1, 0.15) is 12.0 Å². The number of amides is 1. The predicted molar refractivity (Wildman–Crippen MR) is 85.9 cm³/mol. The van der Waals surface area contributed by atoms with Gasteiger partial charge in [0, 0.05) is 18.7 Å². The lowest BCUT2D eigenvalue weighted by atomic mass is 10.2. The van der Waals surface area contributed by atoms with E-state index in [9.17, 15) is 4.79 Å². The minimum absolute atomic E-state index is 0.103. The Morgan fingerprint density at radius 2 is 2.05 bits per heavy atom. The molecule has 0 bridgehead atoms. The van der Waals surface area contributed by atoms with Crippen LogP contribution < -0.4 is 15.4 Å². The normalized spacial score (nSPS) is 9.64. The fraction of sp³-hybridized carbons (Fsp3) is 0.176. The van der Waals surface area contributed by atoms with E-state index >= 15 is 0 Å². The smallest absolute Gasteiger partial charge is 0.226 e. The second kappa shape index (κ2) is 7.70. The molecule has 0 spiro atoms. The van der Waals surface area contributed by atoms with Crippen LogP contribution in [0.2, 0.25) is 0 Å². The molecule has 22 heavy (non-hydrogen) atoms. The van der Waals surface area contributed by atoms with Crippen molar-refractivity contribution in [2.24, 2.45) is 0 Å². The number of nitriles is 1. The van der Waals surface area contributed by atoms with Gasteiger partial charge in [-0.3, -0.25) is 4.79 Å². The quantitative estimate of drug-likeness (QED) is 0.859. The number of rotatable bonds is 6. The van der Waals surface area contributed by atoms with Gasteiger partial charge >= 0.3 is 0 Å². The second-order valence-corrected chi connectivity index (χ2v) is 4.62. The SMILES string of the molecule is COc1ccccc1NC(=O)CCNc1cccc(C#N)c1. The van der Waals surface area contributed by atoms with Crippen LogP contribution in [0.15, 0.2) is 48.5 Å². The van der Waals surface area contributed by atoms with Crippen LogP contribution >= 0.6 is 0 Å². The highest BCUT2D eigenvalue weighted by molar-refractivity contribution is 5.92. The molecule has 1 amide bonds. The van der Waals surface area contributed by atoms with Crippen LogP contribution in [-0.4, -0.2) is 19.6 Å². The predicted octanol–water partition coefficient (Wildman–Crippen LogP) is 3.01. The van der Waals surface area contributed by atoms with Gasteiger partial charge in [0.1, 0.15) is 5.75 Å². The average Bonchev–Trinajstić information content (AvgIpc) is 2.55. The molecule has 112 valence electrons. The summed E-state index contributed by atoms with van der Waals surface area (Å²) >= 11 is 0. The van der Waals surface area contributed by atoms with Crippen molar-refractivity contribution < 1.29 is 9.53 Å². The third-order valence-electron chi connectivity index (χ3n) is 3.05. The lowest BCUT2D eigenvalue weighted by molar-refractivity contribution is -0.115. The highest BCUT2D eigenvalue weighted by atomic mass is 16.5. The Labute approximate surface area is 129 Å². The molecule has 2 N–H and O–H groups in total. The van der Waals surface area contributed by atoms with Gasteiger partial charge in [-0.15, -0.1) is 0 Å². The second-order valence-electron chi connectivity index (χ2n) is 4.62. The maximum atomic E-state index is 11.9. The molecule has 0 heterocycles. The molecule has 0 aromatic heterocycles. The van der Waals surface area contributed by atoms with Gasteiger partial charge in [0.05, 0.1) is 24.4 Å². The summed E-state index contributed by atoms with van der Waals surface area (Å²) in [5, 5.41) is 14.8. The molecule has 0 aliphatic carbocycles. The summed E-state index contributed by atoms with van der Waals surface area (Å²) in [7, 11) is 1.56. The standard InChI is InChI=1S/C17H17N3O2/c1-22-16-8-3-2-7-15(16)20-17(21)9-10-19-14-6-4-5-13(11-14)12-18/h2-8,11,19H,9-10H2,1H3,(H,20,21). The summed E-state index contributed by atoms with van der Waals surface area (Å²) in [5.74, 6) is 0.527. The van der Waals surface area contributed by atoms with Gasteiger partial charge in [-0.1, -0.05) is 18.2 Å². The van der Waals surface area contributed by atoms with Crippen molar-refractivity contribution >= 4 is 17.3 Å². The van der Waals surface area contributed by atoms with E-state index in [2.05, 4.69) is 16.7 Å². The molecule has 0 atom stereocenters. The first-order valence-corrected chi connectivity index (χ1v) is 6.90. The maximum Gasteiger partial charge on any atom is 0.226 e. The molecule has 5 heteroatoms. The minimum Gasteiger partial charge on any atom is -0.495 e. The highest BCUT2D eigenvalue weighted by Crippen LogP contribution is 2.23. The third kappa shape index (κ3) is 4.25. The summed E-state index contributed by atoms with van der Waals surface area (Å²) in [6.07, 6.45) is 0.314. The van der Waals surface area contributed by atoms with Crippen molar-refractivity contribution in [2.45, 2.75) is 6.42 Å². The Balaban J connectivity index is 1.84. The molecule has 2 aromatic carbocycles. The van der Waals surface area contributed by atoms with Crippen molar-refractivity contribution in [2.75, 3.05) is 24.3 Å². The zero-order valence-electron chi connectivity index (χ0n) is 12.3. The van der Waals surface area contributed by atoms with Gasteiger partial charge in [-0.05, 0) is 30.3 Å². The molecule has 0 radical (unpaired) electrons. The number of anilines is 2. The van der Waals surface area contributed by atoms with E-state index in [0.29, 0.717) is 30.0 Å². The first-order valence-electron chi connectivity index (χ1n) is 6.90. The van der Waals surface area contributed by atoms with Gasteiger partial charge in [-0.2, -0.15) is 5.26 Å². The number of hydrogen-bond acceptors (Lipinski definition) is 4. The average molecular weight is 295 g/mol. The Morgan fingerprint density at radius 1 is 1.23 bits per heavy atom. The van der Waals surface area contributed by atoms with Crippen molar-refractivity contribution in [1.82, 2.24) is 0 Å². The molecular weight excluding hydrogens is 278 g/mol. The third-order valence-corrected chi connectivity index (χ3v) is 3.05. The maximum absolute atomic E-state index is 11.9. The Bertz CT molecular complexity index is 692. The number of methoxy groups -OCH3 is 1. The van der Waals surface area contributed by atoms with Gasteiger partial charge in [0.25, 0.3) is 0 Å². The van der Waals surface area contributed by atoms with E-state index < -0.39 is 0 Å². The molecule has 0 aliphatic heterocycles. The number of carbonyl (C=O) groups excluding carboxylic acids is 1. The summed E-state index contributed by atoms with van der Waals surface area (Å²) in [5.41, 5.74) is 2.06. The minimum atomic E-state index is -0.103. The fourth-order valence-electron chi connectivity index (χ4n) is 1.98. The monoisotopic (exact) mass is 295 g/mol. The van der Waals surface area contributed by atoms with E-state index in [1.54, 1.807) is 37.4 Å². The van der Waals surface area contributed by atoms with Crippen LogP contribution in [0.3, 0.4) is 0 Å². The lowest BCUT2D eigenvalue weighted by Gasteiger charge is -2.10. The lowest BCUT2D eigenvalue weighted by Crippen LogP contribution is -2.16. The zero-order valence-corrected chi connectivity index (χ0v) is 12.3. The summed E-state index contributed by atoms with van der Waals surface area (Å²) in [4.78, 5) is 11.9. The number of para-hydroxylation sites is 2. The van der Waals surface area contributed by atoms with E-state index in [-0.39, 0.29) is 5.91 Å². The summed E-state index contributed by atoms with van der Waals surface area (Å²) in [6.45, 7) is 0.482. The van der Waals surface area contributed by atoms with Gasteiger partial charge < -0.3 is 15.4 Å². The van der Waals surface area contributed by atoms with Crippen molar-refractivity contribution in [3.05, 3.63) is 54.1 Å². The molecule has 0 fully saturated rings. The van der Waals surface area contributed by atoms with E-state index in [0.717, 1.165) is 5.69 Å². The number of hydrogen-bond donors (Lipinski definition) is 2. The van der Waals surface area contributed by atoms with Gasteiger partial charge in [-0.25, -0.2) is 0 Å². The Morgan fingerprint density at radius 3 is 2.82 bits per heavy atom. The van der Waals surface area contributed by atoms with Crippen LogP contribution in [0, 0.1) is 11.3 Å². The summed E-state index contributed by atoms with van der Waals surface area (Å²) in [6, 6.07) is 16.5. The van der Waals surface area contributed by atoms with E-state index in [4.69, 9.17) is 10.00 Å². The molecule has 0 saturated heterocycles. The number of benzene rings is 2. The first-order chi connectivity index (χ1) is 10.7. The van der Waals surface area contributed by atoms with E-state index in [1.165, 1.54) is 0 Å². The molecule has 5 nitrogen and oxygen atoms in total. The molecule has 0 unspecified atom stereocenters. The van der Waals surface area contributed by atoms with Crippen LogP contribution in [0.4, 0.5) is 11.4 Å². The summed E-state index contributed by atoms with van der Waals surface area (Å²) < 4.78 is 5.18. The first kappa shape index (κ1) is 15.4. The Kier molecular flexibility index (Phi) is 5.38. The number of nitrogens with one attached hydrogen (secondary N) is 2. The molecular formula is C17H17N3O2. The molecule has 0 aliphatic rings. The van der Waals surface area contributed by atoms with E-state index in [1.807, 2.05) is 18.2 Å². The fourth-order valence-corrected chi connectivity index (χ4v) is 1.98. The van der Waals surface area contributed by atoms with Crippen molar-refractivity contribution in [1.29, 1.82) is 5.26 Å². The number of nitrogens with zero attached hydrogens (tertiary/aromatic N) is 1. The topological polar surface area (TPSA) is 74.2 Å². The molecule has 0 saturated carbocycles. The number of carbonyl (C=O) groups is 1.